The first-order valence-corrected chi connectivity index (χ1v) is 7.58. The molecule has 1 unspecified atom stereocenters. The highest BCUT2D eigenvalue weighted by Crippen LogP contribution is 2.32. The third-order valence-corrected chi connectivity index (χ3v) is 3.61. The van der Waals surface area contributed by atoms with Crippen molar-refractivity contribution in [2.75, 3.05) is 20.8 Å². The number of rotatable bonds is 8. The van der Waals surface area contributed by atoms with E-state index in [9.17, 15) is 5.26 Å². The first-order valence-electron chi connectivity index (χ1n) is 7.58. The molecule has 0 saturated carbocycles. The van der Waals surface area contributed by atoms with Crippen molar-refractivity contribution in [3.63, 3.8) is 0 Å². The summed E-state index contributed by atoms with van der Waals surface area (Å²) in [7, 11) is 3.19. The predicted molar refractivity (Wildman–Crippen MR) is 89.1 cm³/mol. The van der Waals surface area contributed by atoms with Crippen LogP contribution in [0.3, 0.4) is 0 Å². The van der Waals surface area contributed by atoms with Gasteiger partial charge < -0.3 is 14.2 Å². The van der Waals surface area contributed by atoms with Crippen LogP contribution in [0.25, 0.3) is 0 Å². The van der Waals surface area contributed by atoms with Crippen molar-refractivity contribution in [2.24, 2.45) is 0 Å². The van der Waals surface area contributed by atoms with Crippen LogP contribution in [0.1, 0.15) is 24.3 Å². The quantitative estimate of drug-likeness (QED) is 0.687. The molecule has 0 aliphatic carbocycles. The summed E-state index contributed by atoms with van der Waals surface area (Å²) in [5.41, 5.74) is 0.935. The largest absolute Gasteiger partial charge is 0.494 e. The normalized spacial score (nSPS) is 11.3. The maximum absolute atomic E-state index is 9.42. The molecule has 2 aromatic rings. The Morgan fingerprint density at radius 2 is 1.74 bits per heavy atom. The fraction of sp³-hybridized carbons (Fsp3) is 0.316. The fourth-order valence-corrected chi connectivity index (χ4v) is 2.37. The number of nitrogens with zero attached hydrogens (tertiary/aromatic N) is 1. The van der Waals surface area contributed by atoms with Gasteiger partial charge >= 0.3 is 0 Å². The SMILES string of the molecule is COc1ccc(C(C#N)CCCOc2ccccc2)cc1OC. The third kappa shape index (κ3) is 4.65. The van der Waals surface area contributed by atoms with Crippen molar-refractivity contribution in [1.82, 2.24) is 0 Å². The second kappa shape index (κ2) is 8.70. The molecule has 0 aliphatic heterocycles. The summed E-state index contributed by atoms with van der Waals surface area (Å²) in [6, 6.07) is 17.7. The van der Waals surface area contributed by atoms with Crippen molar-refractivity contribution < 1.29 is 14.2 Å². The zero-order valence-corrected chi connectivity index (χ0v) is 13.5. The predicted octanol–water partition coefficient (Wildman–Crippen LogP) is 4.17. The summed E-state index contributed by atoms with van der Waals surface area (Å²) >= 11 is 0. The molecule has 0 fully saturated rings. The number of nitriles is 1. The molecular weight excluding hydrogens is 290 g/mol. The van der Waals surface area contributed by atoms with E-state index in [1.54, 1.807) is 14.2 Å². The van der Waals surface area contributed by atoms with E-state index in [-0.39, 0.29) is 5.92 Å². The smallest absolute Gasteiger partial charge is 0.161 e. The van der Waals surface area contributed by atoms with Gasteiger partial charge in [0.05, 0.1) is 32.8 Å². The Labute approximate surface area is 137 Å². The van der Waals surface area contributed by atoms with Crippen LogP contribution in [0.5, 0.6) is 17.2 Å². The number of para-hydroxylation sites is 1. The molecule has 23 heavy (non-hydrogen) atoms. The van der Waals surface area contributed by atoms with Gasteiger partial charge in [-0.1, -0.05) is 24.3 Å². The highest BCUT2D eigenvalue weighted by atomic mass is 16.5. The van der Waals surface area contributed by atoms with Crippen LogP contribution < -0.4 is 14.2 Å². The molecule has 0 N–H and O–H groups in total. The molecule has 0 aromatic heterocycles. The van der Waals surface area contributed by atoms with Crippen LogP contribution >= 0.6 is 0 Å². The molecule has 2 aromatic carbocycles. The molecule has 0 radical (unpaired) electrons. The Hall–Kier alpha value is -2.67. The summed E-state index contributed by atoms with van der Waals surface area (Å²) in [5, 5.41) is 9.42. The molecule has 4 heteroatoms. The Bertz CT molecular complexity index is 649. The minimum absolute atomic E-state index is 0.186. The molecule has 0 saturated heterocycles. The molecule has 0 bridgehead atoms. The number of hydrogen-bond donors (Lipinski definition) is 0. The van der Waals surface area contributed by atoms with Crippen LogP contribution in [0, 0.1) is 11.3 Å². The van der Waals surface area contributed by atoms with Gasteiger partial charge in [-0.3, -0.25) is 0 Å². The Balaban J connectivity index is 1.91. The van der Waals surface area contributed by atoms with Crippen LogP contribution in [0.15, 0.2) is 48.5 Å². The van der Waals surface area contributed by atoms with E-state index in [2.05, 4.69) is 6.07 Å². The van der Waals surface area contributed by atoms with Crippen LogP contribution in [-0.2, 0) is 0 Å². The molecule has 4 nitrogen and oxygen atoms in total. The lowest BCUT2D eigenvalue weighted by molar-refractivity contribution is 0.305. The Kier molecular flexibility index (Phi) is 6.31. The van der Waals surface area contributed by atoms with Gasteiger partial charge in [0.15, 0.2) is 11.5 Å². The van der Waals surface area contributed by atoms with E-state index < -0.39 is 0 Å². The van der Waals surface area contributed by atoms with Gasteiger partial charge in [-0.25, -0.2) is 0 Å². The molecule has 0 amide bonds. The molecule has 0 aliphatic rings. The summed E-state index contributed by atoms with van der Waals surface area (Å²) < 4.78 is 16.2. The van der Waals surface area contributed by atoms with E-state index in [1.807, 2.05) is 48.5 Å². The highest BCUT2D eigenvalue weighted by molar-refractivity contribution is 5.44. The van der Waals surface area contributed by atoms with Crippen LogP contribution in [0.4, 0.5) is 0 Å². The van der Waals surface area contributed by atoms with Crippen molar-refractivity contribution in [1.29, 1.82) is 5.26 Å². The second-order valence-electron chi connectivity index (χ2n) is 5.10. The molecule has 120 valence electrons. The maximum Gasteiger partial charge on any atom is 0.161 e. The maximum atomic E-state index is 9.42. The third-order valence-electron chi connectivity index (χ3n) is 3.61. The van der Waals surface area contributed by atoms with Gasteiger partial charge in [0.1, 0.15) is 5.75 Å². The summed E-state index contributed by atoms with van der Waals surface area (Å²) in [4.78, 5) is 0. The van der Waals surface area contributed by atoms with Gasteiger partial charge in [-0.15, -0.1) is 0 Å². The number of benzene rings is 2. The lowest BCUT2D eigenvalue weighted by Gasteiger charge is -2.13. The van der Waals surface area contributed by atoms with Gasteiger partial charge in [0, 0.05) is 0 Å². The van der Waals surface area contributed by atoms with E-state index in [0.29, 0.717) is 18.1 Å². The average molecular weight is 311 g/mol. The van der Waals surface area contributed by atoms with Gasteiger partial charge in [-0.05, 0) is 42.7 Å². The minimum Gasteiger partial charge on any atom is -0.494 e. The summed E-state index contributed by atoms with van der Waals surface area (Å²) in [5.74, 6) is 1.98. The van der Waals surface area contributed by atoms with Gasteiger partial charge in [-0.2, -0.15) is 5.26 Å². The van der Waals surface area contributed by atoms with Crippen molar-refractivity contribution in [2.45, 2.75) is 18.8 Å². The van der Waals surface area contributed by atoms with E-state index >= 15 is 0 Å². The number of methoxy groups -OCH3 is 2. The minimum atomic E-state index is -0.186. The first kappa shape index (κ1) is 16.7. The first-order chi connectivity index (χ1) is 11.3. The molecule has 1 atom stereocenters. The Morgan fingerprint density at radius 1 is 1.00 bits per heavy atom. The average Bonchev–Trinajstić information content (AvgIpc) is 2.62. The van der Waals surface area contributed by atoms with E-state index in [0.717, 1.165) is 24.2 Å². The number of ether oxygens (including phenoxy) is 3. The van der Waals surface area contributed by atoms with Crippen LogP contribution in [0.2, 0.25) is 0 Å². The standard InChI is InChI=1S/C19H21NO3/c1-21-18-11-10-15(13-19(18)22-2)16(14-20)7-6-12-23-17-8-4-3-5-9-17/h3-5,8-11,13,16H,6-7,12H2,1-2H3. The Morgan fingerprint density at radius 3 is 2.39 bits per heavy atom. The monoisotopic (exact) mass is 311 g/mol. The lowest BCUT2D eigenvalue weighted by Crippen LogP contribution is -2.02. The molecule has 0 heterocycles. The molecular formula is C19H21NO3. The summed E-state index contributed by atoms with van der Waals surface area (Å²) in [6.07, 6.45) is 1.54. The summed E-state index contributed by atoms with van der Waals surface area (Å²) in [6.45, 7) is 0.593. The number of hydrogen-bond acceptors (Lipinski definition) is 4. The second-order valence-corrected chi connectivity index (χ2v) is 5.10. The van der Waals surface area contributed by atoms with Crippen molar-refractivity contribution in [3.8, 4) is 23.3 Å². The molecule has 2 rings (SSSR count). The van der Waals surface area contributed by atoms with Crippen molar-refractivity contribution >= 4 is 0 Å². The van der Waals surface area contributed by atoms with E-state index in [1.165, 1.54) is 0 Å². The van der Waals surface area contributed by atoms with Gasteiger partial charge in [0.25, 0.3) is 0 Å². The highest BCUT2D eigenvalue weighted by Gasteiger charge is 2.13. The van der Waals surface area contributed by atoms with Crippen LogP contribution in [-0.4, -0.2) is 20.8 Å². The fourth-order valence-electron chi connectivity index (χ4n) is 2.37. The van der Waals surface area contributed by atoms with Gasteiger partial charge in [0.2, 0.25) is 0 Å². The van der Waals surface area contributed by atoms with Crippen molar-refractivity contribution in [3.05, 3.63) is 54.1 Å². The zero-order valence-electron chi connectivity index (χ0n) is 13.5. The van der Waals surface area contributed by atoms with E-state index in [4.69, 9.17) is 14.2 Å². The zero-order chi connectivity index (χ0) is 16.5. The lowest BCUT2D eigenvalue weighted by atomic mass is 9.95. The molecule has 0 spiro atoms. The topological polar surface area (TPSA) is 51.5 Å².